The van der Waals surface area contributed by atoms with E-state index in [-0.39, 0.29) is 13.4 Å². The average Bonchev–Trinajstić information content (AvgIpc) is 1.37. The summed E-state index contributed by atoms with van der Waals surface area (Å²) < 4.78 is 5.14. The Labute approximate surface area is 638 Å². The molecule has 110 heavy (non-hydrogen) atoms. The van der Waals surface area contributed by atoms with Gasteiger partial charge in [-0.3, -0.25) is 0 Å². The first-order chi connectivity index (χ1) is 54.7. The Morgan fingerprint density at radius 1 is 0.182 bits per heavy atom. The van der Waals surface area contributed by atoms with Crippen LogP contribution in [0, 0.1) is 0 Å². The molecular weight excluding hydrogens is 1330 g/mol. The van der Waals surface area contributed by atoms with Crippen LogP contribution in [0.25, 0.3) is 99.5 Å². The molecule has 4 aliphatic rings. The summed E-state index contributed by atoms with van der Waals surface area (Å²) in [5, 5.41) is 4.69. The molecule has 510 valence electrons. The third-order valence-electron chi connectivity index (χ3n) is 23.5. The summed E-state index contributed by atoms with van der Waals surface area (Å²) in [6.07, 6.45) is 0. The molecule has 0 saturated carbocycles. The van der Waals surface area contributed by atoms with Crippen LogP contribution < -0.4 is 52.4 Å². The van der Waals surface area contributed by atoms with E-state index >= 15 is 0 Å². The van der Waals surface area contributed by atoms with Crippen molar-refractivity contribution < 1.29 is 0 Å². The van der Waals surface area contributed by atoms with Gasteiger partial charge in [-0.05, 0) is 212 Å². The molecule has 0 bridgehead atoms. The minimum absolute atomic E-state index is 0.0140. The second-order valence-corrected chi connectivity index (χ2v) is 29.4. The van der Waals surface area contributed by atoms with Gasteiger partial charge in [0.25, 0.3) is 13.4 Å². The first kappa shape index (κ1) is 61.9. The van der Waals surface area contributed by atoms with E-state index in [2.05, 4.69) is 429 Å². The van der Waals surface area contributed by atoms with Gasteiger partial charge in [-0.2, -0.15) is 0 Å². The number of aromatic nitrogens is 2. The lowest BCUT2D eigenvalue weighted by molar-refractivity contribution is 1.18. The highest BCUT2D eigenvalue weighted by molar-refractivity contribution is 7.01. The molecular formula is C102H66B2N6. The minimum atomic E-state index is -0.0140. The molecule has 8 heteroatoms. The highest BCUT2D eigenvalue weighted by Gasteiger charge is 2.46. The van der Waals surface area contributed by atoms with Gasteiger partial charge in [-0.25, -0.2) is 0 Å². The van der Waals surface area contributed by atoms with Crippen LogP contribution in [0.15, 0.2) is 400 Å². The summed E-state index contributed by atoms with van der Waals surface area (Å²) in [7, 11) is 0. The van der Waals surface area contributed by atoms with Crippen molar-refractivity contribution in [3.63, 3.8) is 0 Å². The van der Waals surface area contributed by atoms with Crippen LogP contribution in [0.2, 0.25) is 0 Å². The number of hydrogen-bond donors (Lipinski definition) is 0. The molecule has 0 fully saturated rings. The monoisotopic (exact) mass is 1400 g/mol. The van der Waals surface area contributed by atoms with Crippen LogP contribution in [0.5, 0.6) is 0 Å². The molecule has 4 aliphatic heterocycles. The molecule has 6 heterocycles. The molecule has 6 nitrogen and oxygen atoms in total. The van der Waals surface area contributed by atoms with E-state index in [1.165, 1.54) is 77.1 Å². The standard InChI is InChI=1S/C102H66B2N6/c1-7-37-73(38-8-1)105-87-57-27-21-51-81(87)103-82-52-22-28-58-88(82)106(74-39-9-2-10-40-74)92-64-71(63-91(105)99(92)103)67-33-31-35-69(61-67)95-97-79-49-19-25-55-85(79)110(78-47-17-6-18-48-78)102(97)96(98-80-50-20-26-56-86(80)109(101(95)98)77-45-15-5-16-46-77)70-36-32-34-68(62-70)72-65-93-100-94(66-72)108(76-43-13-4-14-44-76)90-60-30-24-54-84(90)104(100)83-53-23-29-59-89(83)107(93)75-41-11-3-12-42-75/h1-66H. The first-order valence-corrected chi connectivity index (χ1v) is 38.1. The highest BCUT2D eigenvalue weighted by Crippen LogP contribution is 2.55. The number of anilines is 12. The number of rotatable bonds is 10. The van der Waals surface area contributed by atoms with Crippen LogP contribution in [0.1, 0.15) is 0 Å². The molecule has 0 aliphatic carbocycles. The largest absolute Gasteiger partial charge is 0.311 e. The van der Waals surface area contributed by atoms with Gasteiger partial charge in [-0.15, -0.1) is 0 Å². The maximum Gasteiger partial charge on any atom is 0.252 e. The lowest BCUT2D eigenvalue weighted by Crippen LogP contribution is -2.61. The van der Waals surface area contributed by atoms with E-state index in [0.717, 1.165) is 123 Å². The van der Waals surface area contributed by atoms with Crippen molar-refractivity contribution in [3.05, 3.63) is 400 Å². The van der Waals surface area contributed by atoms with Gasteiger partial charge in [0.15, 0.2) is 0 Å². The number of hydrogen-bond acceptors (Lipinski definition) is 4. The van der Waals surface area contributed by atoms with Crippen molar-refractivity contribution in [1.82, 2.24) is 9.13 Å². The van der Waals surface area contributed by atoms with E-state index in [1.54, 1.807) is 0 Å². The molecule has 2 aromatic heterocycles. The van der Waals surface area contributed by atoms with Crippen LogP contribution in [0.4, 0.5) is 68.2 Å². The summed E-state index contributed by atoms with van der Waals surface area (Å²) in [5.41, 5.74) is 37.3. The molecule has 0 atom stereocenters. The van der Waals surface area contributed by atoms with Crippen molar-refractivity contribution in [1.29, 1.82) is 0 Å². The third-order valence-corrected chi connectivity index (χ3v) is 23.5. The quantitative estimate of drug-likeness (QED) is 0.127. The SMILES string of the molecule is c1ccc(N2c3ccccc3B3c4ccccc4N(c4ccccc4)c4cc(-c5cccc(-c6c7c8ccccc8n(-c8ccccc8)c7c(-c7cccc(-c8cc9c%10c(c8)N(c8ccccc8)c8ccccc8B%10c8ccccc8N9c8ccccc8)c7)c7c8ccccc8n(-c8ccccc8)c67)c5)cc2c43)cc1. The average molecular weight is 1400 g/mol. The summed E-state index contributed by atoms with van der Waals surface area (Å²) >= 11 is 0. The van der Waals surface area contributed by atoms with Crippen molar-refractivity contribution in [2.24, 2.45) is 0 Å². The van der Waals surface area contributed by atoms with E-state index in [1.807, 2.05) is 0 Å². The van der Waals surface area contributed by atoms with Gasteiger partial charge in [0, 0.05) is 112 Å². The van der Waals surface area contributed by atoms with E-state index in [9.17, 15) is 0 Å². The van der Waals surface area contributed by atoms with Crippen molar-refractivity contribution in [3.8, 4) is 55.9 Å². The smallest absolute Gasteiger partial charge is 0.252 e. The Kier molecular flexibility index (Phi) is 13.9. The molecule has 0 N–H and O–H groups in total. The van der Waals surface area contributed by atoms with Crippen LogP contribution in [-0.4, -0.2) is 22.6 Å². The van der Waals surface area contributed by atoms with Crippen LogP contribution in [0.3, 0.4) is 0 Å². The topological polar surface area (TPSA) is 22.8 Å². The Bertz CT molecular complexity index is 6300. The number of para-hydroxylation sites is 12. The fourth-order valence-electron chi connectivity index (χ4n) is 19.2. The second-order valence-electron chi connectivity index (χ2n) is 29.4. The molecule has 0 saturated heterocycles. The molecule has 0 amide bonds. The summed E-state index contributed by atoms with van der Waals surface area (Å²) in [4.78, 5) is 10.1. The summed E-state index contributed by atoms with van der Waals surface area (Å²) in [5.74, 6) is 0. The number of fused-ring (bicyclic) bond motifs is 14. The zero-order valence-corrected chi connectivity index (χ0v) is 59.9. The molecule has 0 radical (unpaired) electrons. The Morgan fingerprint density at radius 2 is 0.436 bits per heavy atom. The number of benzene rings is 17. The van der Waals surface area contributed by atoms with E-state index in [0.29, 0.717) is 0 Å². The predicted octanol–water partition coefficient (Wildman–Crippen LogP) is 22.7. The predicted molar refractivity (Wildman–Crippen MR) is 465 cm³/mol. The van der Waals surface area contributed by atoms with Gasteiger partial charge in [0.1, 0.15) is 0 Å². The minimum Gasteiger partial charge on any atom is -0.311 e. The first-order valence-electron chi connectivity index (χ1n) is 38.1. The lowest BCUT2D eigenvalue weighted by atomic mass is 9.33. The zero-order valence-electron chi connectivity index (χ0n) is 59.9. The van der Waals surface area contributed by atoms with Gasteiger partial charge in [0.2, 0.25) is 0 Å². The van der Waals surface area contributed by atoms with Gasteiger partial charge < -0.3 is 28.7 Å². The van der Waals surface area contributed by atoms with Crippen molar-refractivity contribution in [2.75, 3.05) is 19.6 Å². The summed E-state index contributed by atoms with van der Waals surface area (Å²) in [6.45, 7) is -0.0280. The molecule has 0 spiro atoms. The Balaban J connectivity index is 0.813. The van der Waals surface area contributed by atoms with E-state index < -0.39 is 0 Å². The normalized spacial score (nSPS) is 13.0. The highest BCUT2D eigenvalue weighted by atomic mass is 15.2. The van der Waals surface area contributed by atoms with E-state index in [4.69, 9.17) is 0 Å². The maximum atomic E-state index is 2.57. The Hall–Kier alpha value is -14.3. The Morgan fingerprint density at radius 3 is 0.745 bits per heavy atom. The number of nitrogens with zero attached hydrogens (tertiary/aromatic N) is 6. The van der Waals surface area contributed by atoms with Crippen LogP contribution in [-0.2, 0) is 0 Å². The fourth-order valence-corrected chi connectivity index (χ4v) is 19.2. The maximum absolute atomic E-state index is 2.57. The summed E-state index contributed by atoms with van der Waals surface area (Å²) in [6, 6.07) is 150. The zero-order chi connectivity index (χ0) is 72.1. The fraction of sp³-hybridized carbons (Fsp3) is 0. The lowest BCUT2D eigenvalue weighted by Gasteiger charge is -2.44. The molecule has 23 rings (SSSR count). The molecule has 17 aromatic carbocycles. The molecule has 19 aromatic rings. The van der Waals surface area contributed by atoms with Crippen molar-refractivity contribution in [2.45, 2.75) is 0 Å². The van der Waals surface area contributed by atoms with Crippen LogP contribution >= 0.6 is 0 Å². The second kappa shape index (κ2) is 24.6. The van der Waals surface area contributed by atoms with Crippen molar-refractivity contribution >= 4 is 158 Å². The third kappa shape index (κ3) is 9.20. The van der Waals surface area contributed by atoms with Gasteiger partial charge >= 0.3 is 0 Å². The molecule has 0 unspecified atom stereocenters. The van der Waals surface area contributed by atoms with Gasteiger partial charge in [-0.1, -0.05) is 255 Å². The van der Waals surface area contributed by atoms with Gasteiger partial charge in [0.05, 0.1) is 22.1 Å².